The zero-order chi connectivity index (χ0) is 15.5. The summed E-state index contributed by atoms with van der Waals surface area (Å²) in [5.74, 6) is 1.30. The molecular formula is C17H16FN3S. The molecule has 0 aliphatic heterocycles. The molecule has 1 aromatic heterocycles. The van der Waals surface area contributed by atoms with Gasteiger partial charge >= 0.3 is 0 Å². The molecule has 0 unspecified atom stereocenters. The van der Waals surface area contributed by atoms with Crippen molar-refractivity contribution in [3.63, 3.8) is 0 Å². The van der Waals surface area contributed by atoms with Crippen LogP contribution in [0, 0.1) is 5.82 Å². The number of hydrogen-bond donors (Lipinski definition) is 0. The van der Waals surface area contributed by atoms with E-state index < -0.39 is 0 Å². The van der Waals surface area contributed by atoms with Gasteiger partial charge in [0.1, 0.15) is 5.82 Å². The lowest BCUT2D eigenvalue weighted by Gasteiger charge is -2.09. The third-order valence-corrected chi connectivity index (χ3v) is 4.18. The second-order valence-electron chi connectivity index (χ2n) is 4.79. The Kier molecular flexibility index (Phi) is 4.24. The van der Waals surface area contributed by atoms with Gasteiger partial charge in [-0.25, -0.2) is 14.1 Å². The van der Waals surface area contributed by atoms with E-state index in [9.17, 15) is 4.39 Å². The van der Waals surface area contributed by atoms with E-state index in [1.54, 1.807) is 28.6 Å². The summed E-state index contributed by atoms with van der Waals surface area (Å²) in [7, 11) is 0. The van der Waals surface area contributed by atoms with Crippen molar-refractivity contribution in [3.8, 4) is 17.1 Å². The molecule has 0 atom stereocenters. The zero-order valence-electron chi connectivity index (χ0n) is 12.5. The lowest BCUT2D eigenvalue weighted by Crippen LogP contribution is -2.00. The Balaban J connectivity index is 2.19. The molecule has 5 heteroatoms. The van der Waals surface area contributed by atoms with Gasteiger partial charge in [-0.15, -0.1) is 11.8 Å². The number of hydrogen-bond acceptors (Lipinski definition) is 3. The third-order valence-electron chi connectivity index (χ3n) is 3.39. The highest BCUT2D eigenvalue weighted by atomic mass is 32.2. The number of halogens is 1. The Morgan fingerprint density at radius 2 is 1.82 bits per heavy atom. The molecule has 0 aliphatic carbocycles. The van der Waals surface area contributed by atoms with Crippen LogP contribution in [-0.2, 0) is 6.42 Å². The lowest BCUT2D eigenvalue weighted by molar-refractivity contribution is 0.627. The largest absolute Gasteiger partial charge is 0.213 e. The Labute approximate surface area is 133 Å². The van der Waals surface area contributed by atoms with E-state index in [1.165, 1.54) is 12.1 Å². The smallest absolute Gasteiger partial charge is 0.164 e. The van der Waals surface area contributed by atoms with Crippen molar-refractivity contribution >= 4 is 11.8 Å². The fourth-order valence-corrected chi connectivity index (χ4v) is 2.86. The van der Waals surface area contributed by atoms with Gasteiger partial charge < -0.3 is 0 Å². The van der Waals surface area contributed by atoms with E-state index in [-0.39, 0.29) is 5.82 Å². The second kappa shape index (κ2) is 6.32. The molecule has 0 amide bonds. The van der Waals surface area contributed by atoms with E-state index in [1.807, 2.05) is 31.4 Å². The fraction of sp³-hybridized carbons (Fsp3) is 0.176. The average molecular weight is 313 g/mol. The van der Waals surface area contributed by atoms with Gasteiger partial charge in [0.2, 0.25) is 0 Å². The number of benzene rings is 2. The van der Waals surface area contributed by atoms with E-state index in [2.05, 4.69) is 16.1 Å². The maximum absolute atomic E-state index is 13.2. The van der Waals surface area contributed by atoms with E-state index in [0.29, 0.717) is 0 Å². The minimum atomic E-state index is -0.259. The summed E-state index contributed by atoms with van der Waals surface area (Å²) >= 11 is 1.67. The number of rotatable bonds is 4. The molecule has 1 heterocycles. The first-order chi connectivity index (χ1) is 10.7. The van der Waals surface area contributed by atoms with Gasteiger partial charge in [-0.3, -0.25) is 0 Å². The van der Waals surface area contributed by atoms with Crippen LogP contribution in [0.5, 0.6) is 0 Å². The molecule has 112 valence electrons. The summed E-state index contributed by atoms with van der Waals surface area (Å²) < 4.78 is 15.0. The van der Waals surface area contributed by atoms with Crippen molar-refractivity contribution in [2.24, 2.45) is 0 Å². The first-order valence-electron chi connectivity index (χ1n) is 7.08. The molecular weight excluding hydrogens is 297 g/mol. The molecule has 3 aromatic rings. The fourth-order valence-electron chi connectivity index (χ4n) is 2.27. The van der Waals surface area contributed by atoms with E-state index in [0.717, 1.165) is 34.2 Å². The highest BCUT2D eigenvalue weighted by Gasteiger charge is 2.15. The Morgan fingerprint density at radius 3 is 2.50 bits per heavy atom. The van der Waals surface area contributed by atoms with Crippen LogP contribution < -0.4 is 0 Å². The molecule has 2 aromatic carbocycles. The highest BCUT2D eigenvalue weighted by molar-refractivity contribution is 7.98. The zero-order valence-corrected chi connectivity index (χ0v) is 13.3. The standard InChI is InChI=1S/C17H16FN3S/c1-3-16-19-17(14-6-4-5-7-15(14)22-2)21(20-16)13-10-8-12(18)9-11-13/h4-11H,3H2,1-2H3. The van der Waals surface area contributed by atoms with Crippen LogP contribution in [0.2, 0.25) is 0 Å². The van der Waals surface area contributed by atoms with Gasteiger partial charge in [0, 0.05) is 16.9 Å². The number of thioether (sulfide) groups is 1. The summed E-state index contributed by atoms with van der Waals surface area (Å²) in [5.41, 5.74) is 1.84. The van der Waals surface area contributed by atoms with E-state index in [4.69, 9.17) is 0 Å². The second-order valence-corrected chi connectivity index (χ2v) is 5.64. The molecule has 22 heavy (non-hydrogen) atoms. The monoisotopic (exact) mass is 313 g/mol. The normalized spacial score (nSPS) is 10.9. The summed E-state index contributed by atoms with van der Waals surface area (Å²) in [6.07, 6.45) is 2.79. The molecule has 0 radical (unpaired) electrons. The molecule has 0 saturated carbocycles. The van der Waals surface area contributed by atoms with Crippen molar-refractivity contribution in [2.75, 3.05) is 6.26 Å². The van der Waals surface area contributed by atoms with Gasteiger partial charge in [-0.05, 0) is 36.6 Å². The van der Waals surface area contributed by atoms with Gasteiger partial charge in [-0.1, -0.05) is 25.1 Å². The predicted molar refractivity (Wildman–Crippen MR) is 87.9 cm³/mol. The summed E-state index contributed by atoms with van der Waals surface area (Å²) in [4.78, 5) is 5.79. The van der Waals surface area contributed by atoms with Gasteiger partial charge in [0.05, 0.1) is 5.69 Å². The van der Waals surface area contributed by atoms with Crippen LogP contribution in [0.15, 0.2) is 53.4 Å². The van der Waals surface area contributed by atoms with Crippen LogP contribution in [0.4, 0.5) is 4.39 Å². The quantitative estimate of drug-likeness (QED) is 0.671. The number of nitrogens with zero attached hydrogens (tertiary/aromatic N) is 3. The Morgan fingerprint density at radius 1 is 1.09 bits per heavy atom. The topological polar surface area (TPSA) is 30.7 Å². The summed E-state index contributed by atoms with van der Waals surface area (Å²) in [6, 6.07) is 14.4. The molecule has 0 aliphatic rings. The third kappa shape index (κ3) is 2.76. The maximum Gasteiger partial charge on any atom is 0.164 e. The van der Waals surface area contributed by atoms with Crippen molar-refractivity contribution in [2.45, 2.75) is 18.2 Å². The maximum atomic E-state index is 13.2. The summed E-state index contributed by atoms with van der Waals surface area (Å²) in [6.45, 7) is 2.02. The van der Waals surface area contributed by atoms with Crippen LogP contribution in [-0.4, -0.2) is 21.0 Å². The molecule has 0 fully saturated rings. The van der Waals surface area contributed by atoms with E-state index >= 15 is 0 Å². The molecule has 3 rings (SSSR count). The molecule has 0 spiro atoms. The van der Waals surface area contributed by atoms with Crippen LogP contribution in [0.1, 0.15) is 12.7 Å². The Hall–Kier alpha value is -2.14. The van der Waals surface area contributed by atoms with Crippen molar-refractivity contribution < 1.29 is 4.39 Å². The molecule has 0 N–H and O–H groups in total. The Bertz CT molecular complexity index is 781. The number of aromatic nitrogens is 3. The highest BCUT2D eigenvalue weighted by Crippen LogP contribution is 2.30. The van der Waals surface area contributed by atoms with Gasteiger partial charge in [-0.2, -0.15) is 5.10 Å². The first-order valence-corrected chi connectivity index (χ1v) is 8.30. The van der Waals surface area contributed by atoms with Crippen molar-refractivity contribution in [1.29, 1.82) is 0 Å². The average Bonchev–Trinajstić information content (AvgIpc) is 2.99. The van der Waals surface area contributed by atoms with Crippen LogP contribution in [0.25, 0.3) is 17.1 Å². The SMILES string of the molecule is CCc1nc(-c2ccccc2SC)n(-c2ccc(F)cc2)n1. The van der Waals surface area contributed by atoms with Crippen LogP contribution in [0.3, 0.4) is 0 Å². The molecule has 3 nitrogen and oxygen atoms in total. The molecule has 0 saturated heterocycles. The van der Waals surface area contributed by atoms with Crippen molar-refractivity contribution in [3.05, 3.63) is 60.2 Å². The minimum absolute atomic E-state index is 0.259. The number of aryl methyl sites for hydroxylation is 1. The minimum Gasteiger partial charge on any atom is -0.213 e. The molecule has 0 bridgehead atoms. The van der Waals surface area contributed by atoms with Gasteiger partial charge in [0.25, 0.3) is 0 Å². The summed E-state index contributed by atoms with van der Waals surface area (Å²) in [5, 5.41) is 4.55. The van der Waals surface area contributed by atoms with Crippen LogP contribution >= 0.6 is 11.8 Å². The predicted octanol–water partition coefficient (Wildman–Crippen LogP) is 4.36. The lowest BCUT2D eigenvalue weighted by atomic mass is 10.2. The van der Waals surface area contributed by atoms with Crippen molar-refractivity contribution in [1.82, 2.24) is 14.8 Å². The van der Waals surface area contributed by atoms with Gasteiger partial charge in [0.15, 0.2) is 11.6 Å². The first kappa shape index (κ1) is 14.8.